The van der Waals surface area contributed by atoms with Gasteiger partial charge in [0.05, 0.1) is 25.4 Å². The van der Waals surface area contributed by atoms with E-state index in [1.807, 2.05) is 6.08 Å². The zero-order valence-corrected chi connectivity index (χ0v) is 33.1. The molecule has 294 valence electrons. The van der Waals surface area contributed by atoms with Crippen molar-refractivity contribution in [3.63, 3.8) is 0 Å². The van der Waals surface area contributed by atoms with Crippen LogP contribution < -0.4 is 5.32 Å². The van der Waals surface area contributed by atoms with Crippen LogP contribution >= 0.6 is 0 Å². The van der Waals surface area contributed by atoms with Crippen LogP contribution in [0.25, 0.3) is 0 Å². The van der Waals surface area contributed by atoms with Crippen LogP contribution in [0.3, 0.4) is 0 Å². The minimum Gasteiger partial charge on any atom is -0.466 e. The first-order chi connectivity index (χ1) is 24.5. The zero-order valence-electron chi connectivity index (χ0n) is 33.1. The van der Waals surface area contributed by atoms with Gasteiger partial charge >= 0.3 is 5.97 Å². The van der Waals surface area contributed by atoms with Gasteiger partial charge in [-0.15, -0.1) is 0 Å². The molecule has 0 saturated heterocycles. The Labute approximate surface area is 310 Å². The number of rotatable bonds is 39. The molecule has 0 aromatic carbocycles. The maximum atomic E-state index is 12.3. The first kappa shape index (κ1) is 48.3. The number of allylic oxidation sites excluding steroid dienone is 3. The predicted octanol–water partition coefficient (Wildman–Crippen LogP) is 12.0. The standard InChI is InChI=1S/C44H83NO5/c1-3-5-7-9-11-13-14-15-16-17-22-26-30-34-38-44(49)50-39-35-31-27-23-19-18-21-25-29-33-37-43(48)45-41(40-46)42(47)36-32-28-24-20-12-10-8-6-4-2/h19,23,32,36,41-42,46-47H,3-18,20-22,24-31,33-35,37-40H2,1-2H3,(H,45,48)/b23-19-,36-32+. The molecule has 3 N–H and O–H groups in total. The predicted molar refractivity (Wildman–Crippen MR) is 213 cm³/mol. The van der Waals surface area contributed by atoms with Gasteiger partial charge in [0.1, 0.15) is 0 Å². The molecule has 0 spiro atoms. The summed E-state index contributed by atoms with van der Waals surface area (Å²) in [6, 6.07) is -0.649. The summed E-state index contributed by atoms with van der Waals surface area (Å²) >= 11 is 0. The molecule has 0 heterocycles. The van der Waals surface area contributed by atoms with Crippen LogP contribution in [0.15, 0.2) is 24.3 Å². The molecule has 0 saturated carbocycles. The van der Waals surface area contributed by atoms with E-state index in [0.29, 0.717) is 19.4 Å². The van der Waals surface area contributed by atoms with Crippen LogP contribution in [0.5, 0.6) is 0 Å². The molecule has 1 amide bonds. The van der Waals surface area contributed by atoms with Crippen molar-refractivity contribution in [1.82, 2.24) is 5.32 Å². The second-order valence-electron chi connectivity index (χ2n) is 14.7. The van der Waals surface area contributed by atoms with Crippen molar-refractivity contribution >= 4 is 11.9 Å². The summed E-state index contributed by atoms with van der Waals surface area (Å²) in [7, 11) is 0. The highest BCUT2D eigenvalue weighted by Gasteiger charge is 2.17. The lowest BCUT2D eigenvalue weighted by molar-refractivity contribution is -0.143. The summed E-state index contributed by atoms with van der Waals surface area (Å²) in [5.74, 6) is -0.145. The third-order valence-corrected chi connectivity index (χ3v) is 9.72. The average molecular weight is 706 g/mol. The molecule has 0 aliphatic heterocycles. The molecule has 0 aliphatic carbocycles. The fourth-order valence-corrected chi connectivity index (χ4v) is 6.33. The molecule has 6 nitrogen and oxygen atoms in total. The first-order valence-electron chi connectivity index (χ1n) is 21.6. The van der Waals surface area contributed by atoms with E-state index in [1.165, 1.54) is 116 Å². The van der Waals surface area contributed by atoms with Gasteiger partial charge in [-0.3, -0.25) is 9.59 Å². The molecular weight excluding hydrogens is 622 g/mol. The lowest BCUT2D eigenvalue weighted by Crippen LogP contribution is -2.45. The monoisotopic (exact) mass is 706 g/mol. The quantitative estimate of drug-likeness (QED) is 0.0336. The SMILES string of the molecule is CCCCCCCCC/C=C/C(O)C(CO)NC(=O)CCCCCC/C=C\CCCCOC(=O)CCCCCCCCCCCCCCCC. The Morgan fingerprint density at radius 3 is 1.42 bits per heavy atom. The number of aliphatic hydroxyl groups excluding tert-OH is 2. The Kier molecular flexibility index (Phi) is 38.8. The van der Waals surface area contributed by atoms with E-state index in [9.17, 15) is 19.8 Å². The van der Waals surface area contributed by atoms with Crippen LogP contribution in [-0.2, 0) is 14.3 Å². The van der Waals surface area contributed by atoms with Gasteiger partial charge in [0, 0.05) is 12.8 Å². The number of carbonyl (C=O) groups is 2. The van der Waals surface area contributed by atoms with Crippen molar-refractivity contribution in [1.29, 1.82) is 0 Å². The molecule has 0 radical (unpaired) electrons. The van der Waals surface area contributed by atoms with E-state index in [2.05, 4.69) is 31.3 Å². The molecule has 2 atom stereocenters. The first-order valence-corrected chi connectivity index (χ1v) is 21.6. The number of esters is 1. The van der Waals surface area contributed by atoms with Gasteiger partial charge < -0.3 is 20.3 Å². The Morgan fingerprint density at radius 2 is 0.940 bits per heavy atom. The summed E-state index contributed by atoms with van der Waals surface area (Å²) < 4.78 is 5.41. The van der Waals surface area contributed by atoms with E-state index in [-0.39, 0.29) is 18.5 Å². The fraction of sp³-hybridized carbons (Fsp3) is 0.864. The molecule has 0 aliphatic rings. The summed E-state index contributed by atoms with van der Waals surface area (Å²) in [5.41, 5.74) is 0. The number of carbonyl (C=O) groups excluding carboxylic acids is 2. The van der Waals surface area contributed by atoms with Gasteiger partial charge in [-0.1, -0.05) is 173 Å². The maximum Gasteiger partial charge on any atom is 0.305 e. The lowest BCUT2D eigenvalue weighted by atomic mass is 10.0. The highest BCUT2D eigenvalue weighted by Crippen LogP contribution is 2.14. The summed E-state index contributed by atoms with van der Waals surface area (Å²) in [5, 5.41) is 22.8. The topological polar surface area (TPSA) is 95.9 Å². The molecule has 0 rings (SSSR count). The highest BCUT2D eigenvalue weighted by atomic mass is 16.5. The van der Waals surface area contributed by atoms with Gasteiger partial charge in [0.25, 0.3) is 0 Å². The normalized spacial score (nSPS) is 13.0. The van der Waals surface area contributed by atoms with Gasteiger partial charge in [-0.2, -0.15) is 0 Å². The van der Waals surface area contributed by atoms with Crippen LogP contribution in [0.1, 0.15) is 219 Å². The number of amides is 1. The highest BCUT2D eigenvalue weighted by molar-refractivity contribution is 5.76. The number of nitrogens with one attached hydrogen (secondary N) is 1. The number of hydrogen-bond donors (Lipinski definition) is 3. The Balaban J connectivity index is 3.55. The molecule has 0 aromatic rings. The molecule has 0 fully saturated rings. The van der Waals surface area contributed by atoms with Gasteiger partial charge in [0.2, 0.25) is 5.91 Å². The number of aliphatic hydroxyl groups is 2. The van der Waals surface area contributed by atoms with Crippen molar-refractivity contribution in [2.75, 3.05) is 13.2 Å². The van der Waals surface area contributed by atoms with E-state index in [0.717, 1.165) is 77.0 Å². The molecule has 0 bridgehead atoms. The van der Waals surface area contributed by atoms with E-state index in [1.54, 1.807) is 6.08 Å². The number of unbranched alkanes of at least 4 members (excludes halogenated alkanes) is 26. The zero-order chi connectivity index (χ0) is 36.6. The Hall–Kier alpha value is -1.66. The van der Waals surface area contributed by atoms with Crippen LogP contribution in [0.4, 0.5) is 0 Å². The second kappa shape index (κ2) is 40.1. The molecule has 6 heteroatoms. The van der Waals surface area contributed by atoms with Crippen LogP contribution in [-0.4, -0.2) is 47.4 Å². The number of hydrogen-bond acceptors (Lipinski definition) is 5. The lowest BCUT2D eigenvalue weighted by Gasteiger charge is -2.20. The third-order valence-electron chi connectivity index (χ3n) is 9.72. The Bertz CT molecular complexity index is 782. The van der Waals surface area contributed by atoms with E-state index in [4.69, 9.17) is 4.74 Å². The molecule has 0 aromatic heterocycles. The fourth-order valence-electron chi connectivity index (χ4n) is 6.33. The number of ether oxygens (including phenoxy) is 1. The van der Waals surface area contributed by atoms with Crippen molar-refractivity contribution in [3.8, 4) is 0 Å². The summed E-state index contributed by atoms with van der Waals surface area (Å²) in [4.78, 5) is 24.3. The van der Waals surface area contributed by atoms with Crippen molar-refractivity contribution < 1.29 is 24.5 Å². The second-order valence-corrected chi connectivity index (χ2v) is 14.7. The minimum atomic E-state index is -0.862. The summed E-state index contributed by atoms with van der Waals surface area (Å²) in [6.45, 7) is 4.77. The van der Waals surface area contributed by atoms with Gasteiger partial charge in [0.15, 0.2) is 0 Å². The van der Waals surface area contributed by atoms with E-state index < -0.39 is 12.1 Å². The van der Waals surface area contributed by atoms with Crippen LogP contribution in [0, 0.1) is 0 Å². The Morgan fingerprint density at radius 1 is 0.540 bits per heavy atom. The molecular formula is C44H83NO5. The third kappa shape index (κ3) is 36.1. The van der Waals surface area contributed by atoms with Crippen molar-refractivity contribution in [2.24, 2.45) is 0 Å². The molecule has 2 unspecified atom stereocenters. The molecule has 50 heavy (non-hydrogen) atoms. The van der Waals surface area contributed by atoms with Gasteiger partial charge in [-0.25, -0.2) is 0 Å². The summed E-state index contributed by atoms with van der Waals surface area (Å²) in [6.07, 6.45) is 44.5. The van der Waals surface area contributed by atoms with Crippen LogP contribution in [0.2, 0.25) is 0 Å². The van der Waals surface area contributed by atoms with E-state index >= 15 is 0 Å². The van der Waals surface area contributed by atoms with Crippen molar-refractivity contribution in [3.05, 3.63) is 24.3 Å². The van der Waals surface area contributed by atoms with Gasteiger partial charge in [-0.05, 0) is 57.8 Å². The largest absolute Gasteiger partial charge is 0.466 e. The smallest absolute Gasteiger partial charge is 0.305 e. The van der Waals surface area contributed by atoms with Crippen molar-refractivity contribution in [2.45, 2.75) is 231 Å². The minimum absolute atomic E-state index is 0.0377. The average Bonchev–Trinajstić information content (AvgIpc) is 3.11. The maximum absolute atomic E-state index is 12.3.